The molecule has 0 saturated heterocycles. The number of nitrogens with two attached hydrogens (primary N) is 1. The van der Waals surface area contributed by atoms with Gasteiger partial charge in [0.1, 0.15) is 5.75 Å². The van der Waals surface area contributed by atoms with Crippen LogP contribution in [0.25, 0.3) is 0 Å². The van der Waals surface area contributed by atoms with E-state index < -0.39 is 0 Å². The van der Waals surface area contributed by atoms with E-state index in [0.29, 0.717) is 0 Å². The van der Waals surface area contributed by atoms with Gasteiger partial charge in [-0.1, -0.05) is 31.4 Å². The van der Waals surface area contributed by atoms with Crippen molar-refractivity contribution in [1.29, 1.82) is 0 Å². The van der Waals surface area contributed by atoms with E-state index in [1.165, 1.54) is 43.2 Å². The topological polar surface area (TPSA) is 38.5 Å². The van der Waals surface area contributed by atoms with E-state index in [1.54, 1.807) is 0 Å². The third-order valence-electron chi connectivity index (χ3n) is 4.95. The number of hydrogen-bond acceptors (Lipinski definition) is 3. The van der Waals surface area contributed by atoms with Crippen LogP contribution in [0.1, 0.15) is 43.2 Å². The Balaban J connectivity index is 1.58. The zero-order chi connectivity index (χ0) is 14.5. The normalized spacial score (nSPS) is 18.8. The molecule has 2 aliphatic rings. The number of ether oxygens (including phenoxy) is 1. The third-order valence-corrected chi connectivity index (χ3v) is 4.95. The lowest BCUT2D eigenvalue weighted by Crippen LogP contribution is -2.41. The average molecular weight is 288 g/mol. The Labute approximate surface area is 128 Å². The fraction of sp³-hybridized carbons (Fsp3) is 0.667. The van der Waals surface area contributed by atoms with Gasteiger partial charge in [0.15, 0.2) is 0 Å². The zero-order valence-corrected chi connectivity index (χ0v) is 13.0. The molecule has 2 N–H and O–H groups in total. The summed E-state index contributed by atoms with van der Waals surface area (Å²) in [7, 11) is 0. The van der Waals surface area contributed by atoms with E-state index in [-0.39, 0.29) is 0 Å². The predicted octanol–water partition coefficient (Wildman–Crippen LogP) is 2.76. The highest BCUT2D eigenvalue weighted by molar-refractivity contribution is 5.39. The molecule has 0 amide bonds. The molecule has 116 valence electrons. The van der Waals surface area contributed by atoms with Gasteiger partial charge in [0.2, 0.25) is 0 Å². The van der Waals surface area contributed by atoms with Crippen molar-refractivity contribution in [3.63, 3.8) is 0 Å². The molecule has 3 nitrogen and oxygen atoms in total. The first-order valence-corrected chi connectivity index (χ1v) is 8.55. The van der Waals surface area contributed by atoms with Crippen molar-refractivity contribution in [2.45, 2.75) is 51.0 Å². The lowest BCUT2D eigenvalue weighted by atomic mass is 9.93. The molecule has 0 radical (unpaired) electrons. The second-order valence-electron chi connectivity index (χ2n) is 6.41. The quantitative estimate of drug-likeness (QED) is 0.875. The van der Waals surface area contributed by atoms with Gasteiger partial charge >= 0.3 is 0 Å². The summed E-state index contributed by atoms with van der Waals surface area (Å²) in [5.41, 5.74) is 8.65. The van der Waals surface area contributed by atoms with Crippen molar-refractivity contribution in [2.75, 3.05) is 26.2 Å². The van der Waals surface area contributed by atoms with Crippen LogP contribution < -0.4 is 10.5 Å². The Hall–Kier alpha value is -1.06. The van der Waals surface area contributed by atoms with E-state index in [0.717, 1.165) is 50.9 Å². The SMILES string of the molecule is NCCN(CCc1ccc2c(c1)CCO2)C1CCCCC1. The van der Waals surface area contributed by atoms with Gasteiger partial charge in [-0.15, -0.1) is 0 Å². The Morgan fingerprint density at radius 3 is 2.81 bits per heavy atom. The maximum Gasteiger partial charge on any atom is 0.122 e. The third kappa shape index (κ3) is 3.78. The van der Waals surface area contributed by atoms with Gasteiger partial charge in [0.05, 0.1) is 6.61 Å². The maximum atomic E-state index is 5.82. The lowest BCUT2D eigenvalue weighted by molar-refractivity contribution is 0.162. The Bertz CT molecular complexity index is 455. The first-order valence-electron chi connectivity index (χ1n) is 8.55. The Morgan fingerprint density at radius 2 is 2.00 bits per heavy atom. The summed E-state index contributed by atoms with van der Waals surface area (Å²) < 4.78 is 5.59. The molecular formula is C18H28N2O. The van der Waals surface area contributed by atoms with Crippen LogP contribution in [0, 0.1) is 0 Å². The van der Waals surface area contributed by atoms with Crippen molar-refractivity contribution >= 4 is 0 Å². The summed E-state index contributed by atoms with van der Waals surface area (Å²) in [6.07, 6.45) is 9.11. The van der Waals surface area contributed by atoms with Crippen LogP contribution >= 0.6 is 0 Å². The molecule has 0 atom stereocenters. The molecule has 1 saturated carbocycles. The zero-order valence-electron chi connectivity index (χ0n) is 13.0. The van der Waals surface area contributed by atoms with Crippen LogP contribution in [0.4, 0.5) is 0 Å². The van der Waals surface area contributed by atoms with E-state index in [2.05, 4.69) is 23.1 Å². The smallest absolute Gasteiger partial charge is 0.122 e. The molecular weight excluding hydrogens is 260 g/mol. The number of nitrogens with zero attached hydrogens (tertiary/aromatic N) is 1. The molecule has 1 heterocycles. The van der Waals surface area contributed by atoms with Gasteiger partial charge < -0.3 is 10.5 Å². The van der Waals surface area contributed by atoms with Gasteiger partial charge in [0.25, 0.3) is 0 Å². The second-order valence-corrected chi connectivity index (χ2v) is 6.41. The number of rotatable bonds is 6. The van der Waals surface area contributed by atoms with Crippen LogP contribution in [0.5, 0.6) is 5.75 Å². The highest BCUT2D eigenvalue weighted by atomic mass is 16.5. The van der Waals surface area contributed by atoms with Crippen molar-refractivity contribution in [2.24, 2.45) is 5.73 Å². The largest absolute Gasteiger partial charge is 0.493 e. The molecule has 3 rings (SSSR count). The maximum absolute atomic E-state index is 5.82. The molecule has 1 aromatic rings. The molecule has 21 heavy (non-hydrogen) atoms. The standard InChI is InChI=1S/C18H28N2O/c19-10-12-20(17-4-2-1-3-5-17)11-8-15-6-7-18-16(14-15)9-13-21-18/h6-7,14,17H,1-5,8-13,19H2. The molecule has 1 aromatic carbocycles. The van der Waals surface area contributed by atoms with Crippen molar-refractivity contribution in [1.82, 2.24) is 4.90 Å². The molecule has 1 aliphatic heterocycles. The van der Waals surface area contributed by atoms with E-state index in [9.17, 15) is 0 Å². The fourth-order valence-electron chi connectivity index (χ4n) is 3.76. The number of fused-ring (bicyclic) bond motifs is 1. The average Bonchev–Trinajstić information content (AvgIpc) is 3.00. The van der Waals surface area contributed by atoms with Crippen molar-refractivity contribution in [3.8, 4) is 5.75 Å². The summed E-state index contributed by atoms with van der Waals surface area (Å²) in [4.78, 5) is 2.63. The minimum atomic E-state index is 0.764. The molecule has 0 aromatic heterocycles. The highest BCUT2D eigenvalue weighted by Gasteiger charge is 2.20. The van der Waals surface area contributed by atoms with Crippen LogP contribution in [0.2, 0.25) is 0 Å². The van der Waals surface area contributed by atoms with Crippen LogP contribution in [0.3, 0.4) is 0 Å². The van der Waals surface area contributed by atoms with Gasteiger partial charge in [-0.2, -0.15) is 0 Å². The Morgan fingerprint density at radius 1 is 1.14 bits per heavy atom. The highest BCUT2D eigenvalue weighted by Crippen LogP contribution is 2.27. The molecule has 0 unspecified atom stereocenters. The molecule has 1 fully saturated rings. The van der Waals surface area contributed by atoms with Gasteiger partial charge in [-0.05, 0) is 36.5 Å². The van der Waals surface area contributed by atoms with Crippen LogP contribution in [-0.4, -0.2) is 37.2 Å². The van der Waals surface area contributed by atoms with Crippen molar-refractivity contribution in [3.05, 3.63) is 29.3 Å². The lowest BCUT2D eigenvalue weighted by Gasteiger charge is -2.34. The minimum Gasteiger partial charge on any atom is -0.493 e. The van der Waals surface area contributed by atoms with E-state index in [1.807, 2.05) is 0 Å². The predicted molar refractivity (Wildman–Crippen MR) is 86.8 cm³/mol. The van der Waals surface area contributed by atoms with Gasteiger partial charge in [-0.25, -0.2) is 0 Å². The van der Waals surface area contributed by atoms with Crippen LogP contribution in [-0.2, 0) is 12.8 Å². The molecule has 0 spiro atoms. The summed E-state index contributed by atoms with van der Waals surface area (Å²) in [6.45, 7) is 3.80. The van der Waals surface area contributed by atoms with Crippen LogP contribution in [0.15, 0.2) is 18.2 Å². The Kier molecular flexibility index (Phi) is 5.15. The number of benzene rings is 1. The fourth-order valence-corrected chi connectivity index (χ4v) is 3.76. The molecule has 1 aliphatic carbocycles. The minimum absolute atomic E-state index is 0.764. The number of hydrogen-bond donors (Lipinski definition) is 1. The monoisotopic (exact) mass is 288 g/mol. The molecule has 0 bridgehead atoms. The van der Waals surface area contributed by atoms with Crippen molar-refractivity contribution < 1.29 is 4.74 Å². The van der Waals surface area contributed by atoms with Gasteiger partial charge in [0, 0.05) is 32.1 Å². The summed E-state index contributed by atoms with van der Waals surface area (Å²) in [5, 5.41) is 0. The summed E-state index contributed by atoms with van der Waals surface area (Å²) >= 11 is 0. The molecule has 3 heteroatoms. The summed E-state index contributed by atoms with van der Waals surface area (Å²) in [6, 6.07) is 7.47. The van der Waals surface area contributed by atoms with Gasteiger partial charge in [-0.3, -0.25) is 4.90 Å². The summed E-state index contributed by atoms with van der Waals surface area (Å²) in [5.74, 6) is 1.09. The second kappa shape index (κ2) is 7.28. The van der Waals surface area contributed by atoms with E-state index in [4.69, 9.17) is 10.5 Å². The first-order chi connectivity index (χ1) is 10.4. The van der Waals surface area contributed by atoms with E-state index >= 15 is 0 Å². The first kappa shape index (κ1) is 14.9.